The molecule has 2 aromatic carbocycles. The molecular weight excluding hydrogens is 505 g/mol. The largest absolute Gasteiger partial charge is 0.345 e. The lowest BCUT2D eigenvalue weighted by molar-refractivity contribution is 0.0936. The lowest BCUT2D eigenvalue weighted by atomic mass is 10.1. The third-order valence-electron chi connectivity index (χ3n) is 7.29. The summed E-state index contributed by atoms with van der Waals surface area (Å²) in [6, 6.07) is 21.8. The molecule has 0 spiro atoms. The number of nitrogens with one attached hydrogen (secondary N) is 1. The Morgan fingerprint density at radius 2 is 1.93 bits per heavy atom. The van der Waals surface area contributed by atoms with E-state index in [4.69, 9.17) is 9.97 Å². The van der Waals surface area contributed by atoms with Crippen molar-refractivity contribution in [1.82, 2.24) is 34.6 Å². The van der Waals surface area contributed by atoms with Crippen LogP contribution in [-0.2, 0) is 6.42 Å². The molecule has 0 fully saturated rings. The molecule has 0 radical (unpaired) electrons. The van der Waals surface area contributed by atoms with Crippen molar-refractivity contribution < 1.29 is 9.18 Å². The summed E-state index contributed by atoms with van der Waals surface area (Å²) < 4.78 is 18.6. The van der Waals surface area contributed by atoms with Gasteiger partial charge in [0.1, 0.15) is 17.2 Å². The first-order valence-electron chi connectivity index (χ1n) is 13.1. The number of halogens is 1. The van der Waals surface area contributed by atoms with Crippen LogP contribution in [0.3, 0.4) is 0 Å². The van der Waals surface area contributed by atoms with E-state index >= 15 is 4.39 Å². The van der Waals surface area contributed by atoms with E-state index in [1.165, 1.54) is 6.07 Å². The van der Waals surface area contributed by atoms with Crippen molar-refractivity contribution in [2.45, 2.75) is 25.8 Å². The quantitative estimate of drug-likeness (QED) is 0.317. The van der Waals surface area contributed by atoms with E-state index in [9.17, 15) is 4.79 Å². The predicted molar refractivity (Wildman–Crippen MR) is 149 cm³/mol. The van der Waals surface area contributed by atoms with E-state index < -0.39 is 0 Å². The number of rotatable bonds is 5. The average Bonchev–Trinajstić information content (AvgIpc) is 3.72. The van der Waals surface area contributed by atoms with Crippen molar-refractivity contribution >= 4 is 17.1 Å². The van der Waals surface area contributed by atoms with Gasteiger partial charge >= 0.3 is 0 Å². The fourth-order valence-corrected chi connectivity index (χ4v) is 5.28. The molecule has 40 heavy (non-hydrogen) atoms. The molecule has 0 saturated carbocycles. The van der Waals surface area contributed by atoms with Crippen LogP contribution in [-0.4, -0.2) is 35.2 Å². The van der Waals surface area contributed by atoms with Gasteiger partial charge in [-0.15, -0.1) is 0 Å². The highest BCUT2D eigenvalue weighted by molar-refractivity contribution is 5.94. The molecule has 9 heteroatoms. The molecule has 4 heterocycles. The first-order chi connectivity index (χ1) is 19.5. The minimum Gasteiger partial charge on any atom is -0.345 e. The summed E-state index contributed by atoms with van der Waals surface area (Å²) in [5.41, 5.74) is 6.04. The molecule has 6 aromatic rings. The van der Waals surface area contributed by atoms with E-state index in [0.717, 1.165) is 35.3 Å². The summed E-state index contributed by atoms with van der Waals surface area (Å²) in [7, 11) is 0. The van der Waals surface area contributed by atoms with Gasteiger partial charge in [0, 0.05) is 30.0 Å². The topological polar surface area (TPSA) is 90.5 Å². The number of aromatic nitrogens is 6. The van der Waals surface area contributed by atoms with Crippen molar-refractivity contribution in [1.29, 1.82) is 0 Å². The molecule has 0 bridgehead atoms. The Balaban J connectivity index is 1.31. The highest BCUT2D eigenvalue weighted by Gasteiger charge is 2.26. The second-order valence-electron chi connectivity index (χ2n) is 9.85. The van der Waals surface area contributed by atoms with Gasteiger partial charge in [-0.1, -0.05) is 18.2 Å². The monoisotopic (exact) mass is 529 g/mol. The Morgan fingerprint density at radius 3 is 2.73 bits per heavy atom. The number of hydrogen-bond donors (Lipinski definition) is 1. The van der Waals surface area contributed by atoms with Crippen LogP contribution in [0.5, 0.6) is 0 Å². The molecule has 7 rings (SSSR count). The zero-order valence-corrected chi connectivity index (χ0v) is 21.6. The summed E-state index contributed by atoms with van der Waals surface area (Å²) in [5, 5.41) is 7.46. The fourth-order valence-electron chi connectivity index (χ4n) is 5.28. The van der Waals surface area contributed by atoms with Gasteiger partial charge in [0.2, 0.25) is 0 Å². The van der Waals surface area contributed by atoms with Gasteiger partial charge in [-0.3, -0.25) is 14.3 Å². The fraction of sp³-hybridized carbons (Fsp3) is 0.129. The molecule has 196 valence electrons. The minimum absolute atomic E-state index is 0.104. The number of imidazole rings is 1. The number of aryl methyl sites for hydroxylation is 2. The normalized spacial score (nSPS) is 14.4. The number of carbonyl (C=O) groups excluding carboxylic acids is 1. The van der Waals surface area contributed by atoms with Crippen LogP contribution in [0, 0.1) is 12.7 Å². The number of benzene rings is 2. The third-order valence-corrected chi connectivity index (χ3v) is 7.29. The smallest absolute Gasteiger partial charge is 0.253 e. The molecule has 1 amide bonds. The third kappa shape index (κ3) is 4.12. The van der Waals surface area contributed by atoms with Crippen LogP contribution in [0.15, 0.2) is 91.4 Å². The summed E-state index contributed by atoms with van der Waals surface area (Å²) in [4.78, 5) is 26.8. The SMILES string of the molecule is Cc1ccc(C(=O)N[C@H]2CCc3cc(-n4c(-c5ccccc5F)nc5ccc(-n6cccn6)nc54)ccc32)cn1. The van der Waals surface area contributed by atoms with Gasteiger partial charge in [-0.25, -0.2) is 19.0 Å². The Kier molecular flexibility index (Phi) is 5.70. The first-order valence-corrected chi connectivity index (χ1v) is 13.1. The summed E-state index contributed by atoms with van der Waals surface area (Å²) in [6.07, 6.45) is 6.70. The zero-order chi connectivity index (χ0) is 27.2. The predicted octanol–water partition coefficient (Wildman–Crippen LogP) is 5.53. The first kappa shape index (κ1) is 23.9. The summed E-state index contributed by atoms with van der Waals surface area (Å²) in [6.45, 7) is 1.89. The minimum atomic E-state index is -0.360. The molecular formula is C31H24FN7O. The van der Waals surface area contributed by atoms with Crippen molar-refractivity contribution in [3.05, 3.63) is 120 Å². The van der Waals surface area contributed by atoms with Crippen LogP contribution in [0.4, 0.5) is 4.39 Å². The van der Waals surface area contributed by atoms with Gasteiger partial charge in [-0.2, -0.15) is 5.10 Å². The van der Waals surface area contributed by atoms with E-state index in [2.05, 4.69) is 21.5 Å². The molecule has 0 unspecified atom stereocenters. The van der Waals surface area contributed by atoms with Crippen LogP contribution in [0.1, 0.15) is 39.6 Å². The Morgan fingerprint density at radius 1 is 1.02 bits per heavy atom. The van der Waals surface area contributed by atoms with Crippen molar-refractivity contribution in [2.75, 3.05) is 0 Å². The summed E-state index contributed by atoms with van der Waals surface area (Å²) >= 11 is 0. The number of nitrogens with zero attached hydrogens (tertiary/aromatic N) is 6. The van der Waals surface area contributed by atoms with E-state index in [1.807, 2.05) is 54.1 Å². The molecule has 1 atom stereocenters. The molecule has 1 N–H and O–H groups in total. The van der Waals surface area contributed by atoms with Gasteiger partial charge in [0.05, 0.1) is 17.2 Å². The van der Waals surface area contributed by atoms with E-state index in [1.54, 1.807) is 41.3 Å². The number of pyridine rings is 2. The van der Waals surface area contributed by atoms with Crippen LogP contribution >= 0.6 is 0 Å². The summed E-state index contributed by atoms with van der Waals surface area (Å²) in [5.74, 6) is 0.592. The van der Waals surface area contributed by atoms with Gasteiger partial charge in [-0.05, 0) is 85.5 Å². The Bertz CT molecular complexity index is 1880. The van der Waals surface area contributed by atoms with Crippen LogP contribution < -0.4 is 5.32 Å². The Labute approximate surface area is 229 Å². The second kappa shape index (κ2) is 9.53. The van der Waals surface area contributed by atoms with Crippen LogP contribution in [0.25, 0.3) is 34.1 Å². The van der Waals surface area contributed by atoms with Gasteiger partial charge in [0.25, 0.3) is 5.91 Å². The molecule has 4 aromatic heterocycles. The maximum absolute atomic E-state index is 15.0. The second-order valence-corrected chi connectivity index (χ2v) is 9.85. The number of hydrogen-bond acceptors (Lipinski definition) is 5. The molecule has 0 aliphatic heterocycles. The van der Waals surface area contributed by atoms with Gasteiger partial charge < -0.3 is 5.32 Å². The Hall–Kier alpha value is -5.18. The standard InChI is InChI=1S/C31H24FN7O/c1-19-7-8-21(18-33-19)31(40)36-26-12-9-20-17-22(10-11-23(20)26)39-29(24-5-2-3-6-25(24)32)35-27-13-14-28(37-30(27)39)38-16-4-15-34-38/h2-8,10-11,13-18,26H,9,12H2,1H3,(H,36,40)/t26-/m0/s1. The zero-order valence-electron chi connectivity index (χ0n) is 21.6. The van der Waals surface area contributed by atoms with Crippen molar-refractivity contribution in [2.24, 2.45) is 0 Å². The highest BCUT2D eigenvalue weighted by Crippen LogP contribution is 2.35. The van der Waals surface area contributed by atoms with Gasteiger partial charge in [0.15, 0.2) is 11.5 Å². The van der Waals surface area contributed by atoms with Crippen molar-refractivity contribution in [3.8, 4) is 22.9 Å². The average molecular weight is 530 g/mol. The lowest BCUT2D eigenvalue weighted by Gasteiger charge is -2.16. The number of fused-ring (bicyclic) bond motifs is 2. The lowest BCUT2D eigenvalue weighted by Crippen LogP contribution is -2.27. The molecule has 0 saturated heterocycles. The number of amides is 1. The number of carbonyl (C=O) groups is 1. The molecule has 1 aliphatic rings. The maximum Gasteiger partial charge on any atom is 0.253 e. The van der Waals surface area contributed by atoms with Crippen molar-refractivity contribution in [3.63, 3.8) is 0 Å². The maximum atomic E-state index is 15.0. The molecule has 1 aliphatic carbocycles. The van der Waals surface area contributed by atoms with Crippen LogP contribution in [0.2, 0.25) is 0 Å². The van der Waals surface area contributed by atoms with E-state index in [0.29, 0.717) is 33.9 Å². The van der Waals surface area contributed by atoms with E-state index in [-0.39, 0.29) is 17.8 Å². The highest BCUT2D eigenvalue weighted by atomic mass is 19.1. The molecule has 8 nitrogen and oxygen atoms in total.